The lowest BCUT2D eigenvalue weighted by molar-refractivity contribution is -0.384. The van der Waals surface area contributed by atoms with Crippen molar-refractivity contribution in [2.24, 2.45) is 0 Å². The van der Waals surface area contributed by atoms with Gasteiger partial charge >= 0.3 is 0 Å². The molecule has 1 fully saturated rings. The fourth-order valence-corrected chi connectivity index (χ4v) is 2.45. The highest BCUT2D eigenvalue weighted by Crippen LogP contribution is 2.21. The maximum atomic E-state index is 12.6. The van der Waals surface area contributed by atoms with Gasteiger partial charge in [0.15, 0.2) is 0 Å². The van der Waals surface area contributed by atoms with Crippen molar-refractivity contribution in [3.63, 3.8) is 0 Å². The number of nitro benzene ring substituents is 1. The summed E-state index contributed by atoms with van der Waals surface area (Å²) in [6.07, 6.45) is 0. The summed E-state index contributed by atoms with van der Waals surface area (Å²) in [4.78, 5) is 24.8. The van der Waals surface area contributed by atoms with Crippen LogP contribution in [0.5, 0.6) is 0 Å². The summed E-state index contributed by atoms with van der Waals surface area (Å²) in [5.41, 5.74) is 1.13. The van der Waals surface area contributed by atoms with Gasteiger partial charge in [-0.3, -0.25) is 14.9 Å². The predicted octanol–water partition coefficient (Wildman–Crippen LogP) is 1.73. The van der Waals surface area contributed by atoms with Crippen molar-refractivity contribution in [3.05, 3.63) is 39.4 Å². The van der Waals surface area contributed by atoms with E-state index in [0.717, 1.165) is 12.1 Å². The van der Waals surface area contributed by atoms with Gasteiger partial charge in [0.25, 0.3) is 11.6 Å². The molecule has 0 radical (unpaired) electrons. The van der Waals surface area contributed by atoms with E-state index in [1.807, 2.05) is 13.8 Å². The van der Waals surface area contributed by atoms with Crippen molar-refractivity contribution in [1.29, 1.82) is 0 Å². The predicted molar refractivity (Wildman–Crippen MR) is 75.8 cm³/mol. The maximum absolute atomic E-state index is 12.6. The molecule has 2 atom stereocenters. The Morgan fingerprint density at radius 1 is 1.45 bits per heavy atom. The number of nitrogens with zero attached hydrogens (tertiary/aromatic N) is 2. The van der Waals surface area contributed by atoms with E-state index in [1.165, 1.54) is 12.1 Å². The smallest absolute Gasteiger partial charge is 0.270 e. The Hall–Kier alpha value is -1.95. The summed E-state index contributed by atoms with van der Waals surface area (Å²) < 4.78 is 0. The summed E-state index contributed by atoms with van der Waals surface area (Å²) in [6.45, 7) is 7.18. The Kier molecular flexibility index (Phi) is 4.04. The number of carbonyl (C=O) groups excluding carboxylic acids is 1. The van der Waals surface area contributed by atoms with E-state index in [2.05, 4.69) is 5.32 Å². The average Bonchev–Trinajstić information content (AvgIpc) is 2.41. The number of piperazine rings is 1. The lowest BCUT2D eigenvalue weighted by Gasteiger charge is -2.38. The number of hydrogen-bond acceptors (Lipinski definition) is 4. The van der Waals surface area contributed by atoms with Gasteiger partial charge < -0.3 is 10.2 Å². The zero-order valence-corrected chi connectivity index (χ0v) is 11.9. The van der Waals surface area contributed by atoms with Crippen molar-refractivity contribution in [1.82, 2.24) is 10.2 Å². The first-order valence-corrected chi connectivity index (χ1v) is 6.71. The molecule has 1 aromatic rings. The van der Waals surface area contributed by atoms with E-state index >= 15 is 0 Å². The normalized spacial score (nSPS) is 22.6. The molecule has 1 saturated heterocycles. The third kappa shape index (κ3) is 2.65. The molecule has 1 aromatic carbocycles. The van der Waals surface area contributed by atoms with Crippen LogP contribution in [-0.4, -0.2) is 40.9 Å². The topological polar surface area (TPSA) is 75.5 Å². The zero-order valence-electron chi connectivity index (χ0n) is 11.9. The molecule has 20 heavy (non-hydrogen) atoms. The van der Waals surface area contributed by atoms with Crippen LogP contribution in [-0.2, 0) is 0 Å². The second kappa shape index (κ2) is 5.58. The monoisotopic (exact) mass is 277 g/mol. The molecule has 0 saturated carbocycles. The van der Waals surface area contributed by atoms with Gasteiger partial charge in [-0.25, -0.2) is 0 Å². The summed E-state index contributed by atoms with van der Waals surface area (Å²) in [5, 5.41) is 14.2. The first-order chi connectivity index (χ1) is 9.41. The molecule has 6 heteroatoms. The molecule has 1 N–H and O–H groups in total. The zero-order chi connectivity index (χ0) is 14.9. The van der Waals surface area contributed by atoms with Crippen LogP contribution in [0.3, 0.4) is 0 Å². The van der Waals surface area contributed by atoms with Gasteiger partial charge in [0.2, 0.25) is 0 Å². The Balaban J connectivity index is 2.33. The van der Waals surface area contributed by atoms with Crippen molar-refractivity contribution >= 4 is 11.6 Å². The van der Waals surface area contributed by atoms with E-state index in [9.17, 15) is 14.9 Å². The minimum atomic E-state index is -0.472. The molecule has 1 aliphatic rings. The molecule has 2 unspecified atom stereocenters. The van der Waals surface area contributed by atoms with Gasteiger partial charge in [-0.05, 0) is 26.3 Å². The maximum Gasteiger partial charge on any atom is 0.270 e. The third-order valence-corrected chi connectivity index (χ3v) is 3.96. The van der Waals surface area contributed by atoms with Gasteiger partial charge in [-0.2, -0.15) is 0 Å². The van der Waals surface area contributed by atoms with Crippen LogP contribution < -0.4 is 5.32 Å². The van der Waals surface area contributed by atoms with Crippen molar-refractivity contribution < 1.29 is 9.72 Å². The number of benzene rings is 1. The lowest BCUT2D eigenvalue weighted by atomic mass is 10.0. The van der Waals surface area contributed by atoms with Crippen LogP contribution in [0.4, 0.5) is 5.69 Å². The second-order valence-electron chi connectivity index (χ2n) is 5.24. The number of nitrogens with one attached hydrogen (secondary N) is 1. The van der Waals surface area contributed by atoms with Gasteiger partial charge in [0, 0.05) is 42.9 Å². The summed E-state index contributed by atoms with van der Waals surface area (Å²) in [6, 6.07) is 4.70. The van der Waals surface area contributed by atoms with E-state index in [0.29, 0.717) is 12.1 Å². The number of amides is 1. The van der Waals surface area contributed by atoms with E-state index in [-0.39, 0.29) is 23.7 Å². The van der Waals surface area contributed by atoms with Crippen LogP contribution in [0.1, 0.15) is 29.8 Å². The van der Waals surface area contributed by atoms with Crippen molar-refractivity contribution in [2.75, 3.05) is 13.1 Å². The van der Waals surface area contributed by atoms with Crippen LogP contribution >= 0.6 is 0 Å². The summed E-state index contributed by atoms with van der Waals surface area (Å²) in [5.74, 6) is -0.132. The molecule has 0 aromatic heterocycles. The Bertz CT molecular complexity index is 544. The molecule has 6 nitrogen and oxygen atoms in total. The first-order valence-electron chi connectivity index (χ1n) is 6.71. The number of hydrogen-bond donors (Lipinski definition) is 1. The van der Waals surface area contributed by atoms with Gasteiger partial charge in [0.05, 0.1) is 4.92 Å². The largest absolute Gasteiger partial charge is 0.333 e. The molecule has 0 aliphatic carbocycles. The highest BCUT2D eigenvalue weighted by atomic mass is 16.6. The van der Waals surface area contributed by atoms with Gasteiger partial charge in [-0.1, -0.05) is 6.07 Å². The van der Waals surface area contributed by atoms with E-state index in [4.69, 9.17) is 0 Å². The fourth-order valence-electron chi connectivity index (χ4n) is 2.45. The second-order valence-corrected chi connectivity index (χ2v) is 5.24. The molecule has 108 valence electrons. The Morgan fingerprint density at radius 2 is 2.15 bits per heavy atom. The first kappa shape index (κ1) is 14.5. The van der Waals surface area contributed by atoms with Crippen molar-refractivity contribution in [3.8, 4) is 0 Å². The van der Waals surface area contributed by atoms with Crippen LogP contribution in [0.15, 0.2) is 18.2 Å². The van der Waals surface area contributed by atoms with E-state index < -0.39 is 4.92 Å². The minimum absolute atomic E-state index is 0.0465. The van der Waals surface area contributed by atoms with Gasteiger partial charge in [0.1, 0.15) is 0 Å². The molecule has 2 rings (SSSR count). The molecule has 0 spiro atoms. The molecule has 1 aliphatic heterocycles. The molecule has 1 heterocycles. The molecular weight excluding hydrogens is 258 g/mol. The number of carbonyl (C=O) groups is 1. The van der Waals surface area contributed by atoms with Crippen LogP contribution in [0.25, 0.3) is 0 Å². The van der Waals surface area contributed by atoms with E-state index in [1.54, 1.807) is 17.9 Å². The molecule has 1 amide bonds. The lowest BCUT2D eigenvalue weighted by Crippen LogP contribution is -2.57. The number of aryl methyl sites for hydroxylation is 1. The standard InChI is InChI=1S/C14H19N3O3/c1-9-4-5-12(17(19)20)8-13(9)14(18)16-7-6-15-10(2)11(16)3/h4-5,8,10-11,15H,6-7H2,1-3H3. The highest BCUT2D eigenvalue weighted by Gasteiger charge is 2.30. The Labute approximate surface area is 117 Å². The highest BCUT2D eigenvalue weighted by molar-refractivity contribution is 5.96. The van der Waals surface area contributed by atoms with Crippen LogP contribution in [0.2, 0.25) is 0 Å². The number of non-ortho nitro benzene ring substituents is 1. The summed E-state index contributed by atoms with van der Waals surface area (Å²) in [7, 11) is 0. The SMILES string of the molecule is Cc1ccc([N+](=O)[O-])cc1C(=O)N1CCNC(C)C1C. The minimum Gasteiger partial charge on any atom is -0.333 e. The van der Waals surface area contributed by atoms with Gasteiger partial charge in [-0.15, -0.1) is 0 Å². The number of nitro groups is 1. The summed E-state index contributed by atoms with van der Waals surface area (Å²) >= 11 is 0. The Morgan fingerprint density at radius 3 is 2.80 bits per heavy atom. The van der Waals surface area contributed by atoms with Crippen LogP contribution in [0, 0.1) is 17.0 Å². The quantitative estimate of drug-likeness (QED) is 0.659. The fraction of sp³-hybridized carbons (Fsp3) is 0.500. The average molecular weight is 277 g/mol. The molecule has 0 bridgehead atoms. The molecular formula is C14H19N3O3. The van der Waals surface area contributed by atoms with Crippen molar-refractivity contribution in [2.45, 2.75) is 32.9 Å². The number of rotatable bonds is 2. The third-order valence-electron chi connectivity index (χ3n) is 3.96.